The van der Waals surface area contributed by atoms with E-state index in [0.717, 1.165) is 35.7 Å². The first-order valence-corrected chi connectivity index (χ1v) is 7.28. The summed E-state index contributed by atoms with van der Waals surface area (Å²) >= 11 is 0. The minimum Gasteiger partial charge on any atom is -0.261 e. The second-order valence-corrected chi connectivity index (χ2v) is 5.08. The van der Waals surface area contributed by atoms with Crippen LogP contribution in [0.3, 0.4) is 0 Å². The molecule has 0 fully saturated rings. The first kappa shape index (κ1) is 16.6. The fourth-order valence-corrected chi connectivity index (χ4v) is 2.37. The Morgan fingerprint density at radius 1 is 1.09 bits per heavy atom. The van der Waals surface area contributed by atoms with Crippen molar-refractivity contribution in [2.75, 3.05) is 0 Å². The van der Waals surface area contributed by atoms with Crippen LogP contribution in [0.5, 0.6) is 0 Å². The smallest absolute Gasteiger partial charge is 0.122 e. The predicted molar refractivity (Wildman–Crippen MR) is 84.4 cm³/mol. The van der Waals surface area contributed by atoms with Gasteiger partial charge in [-0.2, -0.15) is 5.10 Å². The molecule has 1 heterocycles. The topological polar surface area (TPSA) is 30.7 Å². The van der Waals surface area contributed by atoms with Gasteiger partial charge in [-0.25, -0.2) is 4.68 Å². The molecular weight excluding hydrogens is 450 g/mol. The molecule has 1 aromatic heterocycles. The summed E-state index contributed by atoms with van der Waals surface area (Å²) in [5.41, 5.74) is 3.22. The van der Waals surface area contributed by atoms with E-state index in [2.05, 4.69) is 32.0 Å². The number of hydrogen-bond donors (Lipinski definition) is 0. The number of nitrogens with zero attached hydrogens (tertiary/aromatic N) is 3. The molecule has 3 aromatic rings. The summed E-state index contributed by atoms with van der Waals surface area (Å²) in [5.74, 6) is 1.74. The van der Waals surface area contributed by atoms with E-state index in [1.54, 1.807) is 0 Å². The first-order valence-electron chi connectivity index (χ1n) is 7.28. The van der Waals surface area contributed by atoms with Crippen LogP contribution in [0.4, 0.5) is 0 Å². The molecule has 115 valence electrons. The molecule has 0 spiro atoms. The molecule has 22 heavy (non-hydrogen) atoms. The van der Waals surface area contributed by atoms with Crippen molar-refractivity contribution in [1.82, 2.24) is 14.8 Å². The zero-order valence-electron chi connectivity index (χ0n) is 12.7. The number of hydrogen-bond acceptors (Lipinski definition) is 2. The van der Waals surface area contributed by atoms with Gasteiger partial charge in [-0.05, 0) is 25.0 Å². The van der Waals surface area contributed by atoms with E-state index in [-0.39, 0.29) is 20.1 Å². The van der Waals surface area contributed by atoms with E-state index in [0.29, 0.717) is 0 Å². The maximum atomic E-state index is 4.71. The summed E-state index contributed by atoms with van der Waals surface area (Å²) in [6.45, 7) is 4.26. The van der Waals surface area contributed by atoms with Crippen molar-refractivity contribution in [2.24, 2.45) is 0 Å². The molecule has 1 radical (unpaired) electrons. The van der Waals surface area contributed by atoms with Gasteiger partial charge < -0.3 is 0 Å². The average molecular weight is 469 g/mol. The third kappa shape index (κ3) is 3.34. The van der Waals surface area contributed by atoms with Crippen molar-refractivity contribution >= 4 is 0 Å². The number of benzene rings is 2. The Morgan fingerprint density at radius 3 is 2.55 bits per heavy atom. The Morgan fingerprint density at radius 2 is 1.86 bits per heavy atom. The van der Waals surface area contributed by atoms with Crippen LogP contribution < -0.4 is 0 Å². The van der Waals surface area contributed by atoms with E-state index in [1.807, 2.05) is 41.1 Å². The molecule has 0 saturated carbocycles. The van der Waals surface area contributed by atoms with Crippen molar-refractivity contribution in [3.05, 3.63) is 66.0 Å². The van der Waals surface area contributed by atoms with Gasteiger partial charge in [0.2, 0.25) is 0 Å². The molecule has 3 nitrogen and oxygen atoms in total. The van der Waals surface area contributed by atoms with Crippen molar-refractivity contribution in [2.45, 2.75) is 26.7 Å². The Balaban J connectivity index is 0.00000176. The van der Waals surface area contributed by atoms with Crippen LogP contribution in [0.25, 0.3) is 17.1 Å². The Kier molecular flexibility index (Phi) is 5.64. The molecule has 0 aliphatic carbocycles. The van der Waals surface area contributed by atoms with Gasteiger partial charge in [-0.3, -0.25) is 4.98 Å². The van der Waals surface area contributed by atoms with E-state index in [1.165, 1.54) is 5.56 Å². The average Bonchev–Trinajstić information content (AvgIpc) is 2.93. The Bertz CT molecular complexity index is 735. The zero-order chi connectivity index (χ0) is 14.7. The van der Waals surface area contributed by atoms with Gasteiger partial charge in [0, 0.05) is 26.5 Å². The number of aromatic nitrogens is 3. The predicted octanol–water partition coefficient (Wildman–Crippen LogP) is 3.99. The van der Waals surface area contributed by atoms with E-state index in [4.69, 9.17) is 10.1 Å². The normalized spacial score (nSPS) is 10.3. The van der Waals surface area contributed by atoms with E-state index in [9.17, 15) is 0 Å². The van der Waals surface area contributed by atoms with Crippen molar-refractivity contribution in [3.63, 3.8) is 0 Å². The summed E-state index contributed by atoms with van der Waals surface area (Å²) in [6, 6.07) is 19.3. The molecule has 0 unspecified atom stereocenters. The number of para-hydroxylation sites is 1. The van der Waals surface area contributed by atoms with Gasteiger partial charge >= 0.3 is 0 Å². The van der Waals surface area contributed by atoms with Crippen molar-refractivity contribution in [3.8, 4) is 17.1 Å². The fourth-order valence-electron chi connectivity index (χ4n) is 2.37. The second kappa shape index (κ2) is 7.48. The quantitative estimate of drug-likeness (QED) is 0.542. The summed E-state index contributed by atoms with van der Waals surface area (Å²) in [7, 11) is 0. The van der Waals surface area contributed by atoms with Gasteiger partial charge in [0.25, 0.3) is 0 Å². The summed E-state index contributed by atoms with van der Waals surface area (Å²) in [4.78, 5) is 4.71. The maximum absolute atomic E-state index is 4.71. The largest absolute Gasteiger partial charge is 0.261 e. The number of aryl methyl sites for hydroxylation is 2. The summed E-state index contributed by atoms with van der Waals surface area (Å²) < 4.78 is 1.97. The van der Waals surface area contributed by atoms with Crippen LogP contribution in [0.15, 0.2) is 48.5 Å². The molecule has 0 amide bonds. The molecule has 4 heteroatoms. The third-order valence-corrected chi connectivity index (χ3v) is 3.44. The van der Waals surface area contributed by atoms with Crippen LogP contribution in [-0.2, 0) is 26.5 Å². The Labute approximate surface area is 144 Å². The standard InChI is InChI=1S/C18H18N3.Ir/c1-3-9-17-19-18(15-11-5-4-6-12-15)20-21(17)16-13-8-7-10-14(16)2;/h4-8,10-11,13H,3,9H2,1-2H3;/q-1;. The molecule has 0 saturated heterocycles. The minimum absolute atomic E-state index is 0. The van der Waals surface area contributed by atoms with Crippen LogP contribution in [0, 0.1) is 13.0 Å². The Hall–Kier alpha value is -1.77. The van der Waals surface area contributed by atoms with Gasteiger partial charge in [0.1, 0.15) is 5.82 Å². The second-order valence-electron chi connectivity index (χ2n) is 5.08. The third-order valence-electron chi connectivity index (χ3n) is 3.44. The van der Waals surface area contributed by atoms with Crippen LogP contribution >= 0.6 is 0 Å². The molecule has 0 aliphatic heterocycles. The number of rotatable bonds is 4. The van der Waals surface area contributed by atoms with E-state index >= 15 is 0 Å². The van der Waals surface area contributed by atoms with Gasteiger partial charge in [-0.1, -0.05) is 25.1 Å². The molecule has 0 atom stereocenters. The van der Waals surface area contributed by atoms with Crippen molar-refractivity contribution < 1.29 is 20.1 Å². The van der Waals surface area contributed by atoms with Crippen molar-refractivity contribution in [1.29, 1.82) is 0 Å². The SMILES string of the molecule is CCCc1nc(-c2[c-]cccc2)nn1-c1ccccc1C.[Ir]. The van der Waals surface area contributed by atoms with Crippen LogP contribution in [-0.4, -0.2) is 14.8 Å². The monoisotopic (exact) mass is 469 g/mol. The van der Waals surface area contributed by atoms with E-state index < -0.39 is 0 Å². The first-order chi connectivity index (χ1) is 10.3. The molecule has 3 rings (SSSR count). The van der Waals surface area contributed by atoms with Crippen LogP contribution in [0.1, 0.15) is 24.7 Å². The van der Waals surface area contributed by atoms with Crippen LogP contribution in [0.2, 0.25) is 0 Å². The minimum atomic E-state index is 0. The molecule has 0 aliphatic rings. The van der Waals surface area contributed by atoms with Gasteiger partial charge in [-0.15, -0.1) is 35.9 Å². The zero-order valence-corrected chi connectivity index (χ0v) is 15.1. The molecule has 2 aromatic carbocycles. The molecular formula is C18H18IrN3-. The summed E-state index contributed by atoms with van der Waals surface area (Å²) in [6.07, 6.45) is 1.96. The summed E-state index contributed by atoms with van der Waals surface area (Å²) in [5, 5.41) is 4.70. The van der Waals surface area contributed by atoms with Gasteiger partial charge in [0.15, 0.2) is 0 Å². The maximum Gasteiger partial charge on any atom is 0.122 e. The van der Waals surface area contributed by atoms with Gasteiger partial charge in [0.05, 0.1) is 11.5 Å². The molecule has 0 bridgehead atoms. The molecule has 0 N–H and O–H groups in total. The fraction of sp³-hybridized carbons (Fsp3) is 0.222.